The first-order valence-corrected chi connectivity index (χ1v) is 12.9. The fraction of sp³-hybridized carbons (Fsp3) is 0.889. The normalized spacial score (nSPS) is 44.1. The van der Waals surface area contributed by atoms with E-state index in [1.54, 1.807) is 0 Å². The van der Waals surface area contributed by atoms with Gasteiger partial charge in [-0.15, -0.1) is 0 Å². The molecule has 0 aliphatic heterocycles. The van der Waals surface area contributed by atoms with Crippen molar-refractivity contribution in [3.05, 3.63) is 0 Å². The van der Waals surface area contributed by atoms with E-state index in [-0.39, 0.29) is 28.9 Å². The zero-order valence-electron chi connectivity index (χ0n) is 20.7. The highest BCUT2D eigenvalue weighted by atomic mass is 16.5. The fourth-order valence-corrected chi connectivity index (χ4v) is 8.86. The second-order valence-corrected chi connectivity index (χ2v) is 11.8. The quantitative estimate of drug-likeness (QED) is 0.533. The summed E-state index contributed by atoms with van der Waals surface area (Å²) in [7, 11) is 1.45. The third-order valence-corrected chi connectivity index (χ3v) is 10.6. The minimum absolute atomic E-state index is 0.0539. The van der Waals surface area contributed by atoms with Crippen LogP contribution in [0.5, 0.6) is 0 Å². The van der Waals surface area contributed by atoms with Gasteiger partial charge in [-0.1, -0.05) is 20.8 Å². The Morgan fingerprint density at radius 2 is 1.84 bits per heavy atom. The predicted molar refractivity (Wildman–Crippen MR) is 122 cm³/mol. The number of esters is 2. The van der Waals surface area contributed by atoms with E-state index in [4.69, 9.17) is 9.47 Å². The number of carbonyl (C=O) groups excluding carboxylic acids is 3. The van der Waals surface area contributed by atoms with Crippen molar-refractivity contribution in [2.75, 3.05) is 7.11 Å². The molecule has 4 fully saturated rings. The highest BCUT2D eigenvalue weighted by Gasteiger charge is 2.64. The van der Waals surface area contributed by atoms with Gasteiger partial charge in [0.05, 0.1) is 7.11 Å². The van der Waals surface area contributed by atoms with Crippen LogP contribution in [-0.2, 0) is 23.9 Å². The van der Waals surface area contributed by atoms with Crippen molar-refractivity contribution in [1.82, 2.24) is 0 Å². The summed E-state index contributed by atoms with van der Waals surface area (Å²) < 4.78 is 10.4. The maximum Gasteiger partial charge on any atom is 0.305 e. The van der Waals surface area contributed by atoms with Gasteiger partial charge < -0.3 is 9.47 Å². The molecule has 0 aromatic heterocycles. The first-order chi connectivity index (χ1) is 15.1. The maximum atomic E-state index is 13.8. The largest absolute Gasteiger partial charge is 0.469 e. The van der Waals surface area contributed by atoms with Crippen LogP contribution in [0.25, 0.3) is 0 Å². The van der Waals surface area contributed by atoms with Gasteiger partial charge in [-0.25, -0.2) is 0 Å². The number of ketones is 1. The molecule has 0 bridgehead atoms. The van der Waals surface area contributed by atoms with Crippen molar-refractivity contribution < 1.29 is 23.9 Å². The molecule has 180 valence electrons. The lowest BCUT2D eigenvalue weighted by Crippen LogP contribution is -2.57. The molecule has 5 nitrogen and oxygen atoms in total. The summed E-state index contributed by atoms with van der Waals surface area (Å²) in [6.45, 7) is 8.43. The smallest absolute Gasteiger partial charge is 0.305 e. The second-order valence-electron chi connectivity index (χ2n) is 11.8. The number of hydrogen-bond donors (Lipinski definition) is 0. The number of hydrogen-bond acceptors (Lipinski definition) is 5. The molecule has 4 aliphatic carbocycles. The molecule has 0 radical (unpaired) electrons. The van der Waals surface area contributed by atoms with E-state index in [0.29, 0.717) is 54.1 Å². The van der Waals surface area contributed by atoms with Crippen LogP contribution >= 0.6 is 0 Å². The summed E-state index contributed by atoms with van der Waals surface area (Å²) in [5, 5.41) is 0. The monoisotopic (exact) mass is 446 g/mol. The van der Waals surface area contributed by atoms with E-state index in [1.165, 1.54) is 26.9 Å². The second kappa shape index (κ2) is 8.76. The Kier molecular flexibility index (Phi) is 6.50. The molecule has 4 saturated carbocycles. The van der Waals surface area contributed by atoms with Gasteiger partial charge in [-0.2, -0.15) is 0 Å². The molecule has 0 heterocycles. The minimum Gasteiger partial charge on any atom is -0.469 e. The van der Waals surface area contributed by atoms with Gasteiger partial charge in [0.2, 0.25) is 0 Å². The molecule has 9 atom stereocenters. The molecule has 0 aromatic rings. The summed E-state index contributed by atoms with van der Waals surface area (Å²) in [4.78, 5) is 37.0. The average molecular weight is 447 g/mol. The highest BCUT2D eigenvalue weighted by Crippen LogP contribution is 2.67. The van der Waals surface area contributed by atoms with Crippen molar-refractivity contribution in [3.63, 3.8) is 0 Å². The van der Waals surface area contributed by atoms with Crippen LogP contribution < -0.4 is 0 Å². The number of ether oxygens (including phenoxy) is 2. The van der Waals surface area contributed by atoms with E-state index in [2.05, 4.69) is 20.8 Å². The van der Waals surface area contributed by atoms with Gasteiger partial charge in [0, 0.05) is 25.2 Å². The minimum atomic E-state index is -0.241. The van der Waals surface area contributed by atoms with Gasteiger partial charge in [0.15, 0.2) is 0 Å². The third kappa shape index (κ3) is 3.81. The Morgan fingerprint density at radius 1 is 1.09 bits per heavy atom. The Bertz CT molecular complexity index is 761. The molecule has 0 saturated heterocycles. The van der Waals surface area contributed by atoms with Gasteiger partial charge in [-0.3, -0.25) is 14.4 Å². The molecule has 0 N–H and O–H groups in total. The van der Waals surface area contributed by atoms with Crippen molar-refractivity contribution in [2.24, 2.45) is 46.3 Å². The standard InChI is InChI=1S/C27H42O5/c1-16(6-11-25(30)31-5)21-9-10-22-20-8-7-18-14-19(32-17(2)28)12-13-26(18,3)23(20)15-24(29)27(21,22)4/h16,18-23H,6-15H2,1-5H3/t16-,18-,19-,20?,21-,22?,23?,26+,27-/m1/s1. The Labute approximate surface area is 193 Å². The lowest BCUT2D eigenvalue weighted by atomic mass is 9.44. The first kappa shape index (κ1) is 23.8. The van der Waals surface area contributed by atoms with E-state index in [9.17, 15) is 14.4 Å². The molecule has 32 heavy (non-hydrogen) atoms. The van der Waals surface area contributed by atoms with E-state index in [0.717, 1.165) is 38.5 Å². The predicted octanol–water partition coefficient (Wildman–Crippen LogP) is 5.35. The lowest BCUT2D eigenvalue weighted by molar-refractivity contribution is -0.167. The van der Waals surface area contributed by atoms with Crippen LogP contribution in [0, 0.1) is 46.3 Å². The van der Waals surface area contributed by atoms with Crippen molar-refractivity contribution in [3.8, 4) is 0 Å². The summed E-state index contributed by atoms with van der Waals surface area (Å²) >= 11 is 0. The van der Waals surface area contributed by atoms with Crippen LogP contribution in [0.1, 0.15) is 91.9 Å². The molecule has 4 rings (SSSR count). The number of carbonyl (C=O) groups is 3. The van der Waals surface area contributed by atoms with Crippen molar-refractivity contribution in [1.29, 1.82) is 0 Å². The van der Waals surface area contributed by atoms with E-state index >= 15 is 0 Å². The SMILES string of the molecule is COC(=O)CC[C@@H](C)[C@H]1CCC2C3CC[C@@H]4C[C@H](OC(C)=O)CC[C@]4(C)C3CC(=O)[C@@]21C. The van der Waals surface area contributed by atoms with Crippen molar-refractivity contribution in [2.45, 2.75) is 98.0 Å². The topological polar surface area (TPSA) is 69.7 Å². The lowest BCUT2D eigenvalue weighted by Gasteiger charge is -2.60. The molecule has 0 amide bonds. The number of fused-ring (bicyclic) bond motifs is 5. The van der Waals surface area contributed by atoms with Crippen LogP contribution in [0.2, 0.25) is 0 Å². The summed E-state index contributed by atoms with van der Waals surface area (Å²) in [6.07, 6.45) is 9.61. The molecular formula is C27H42O5. The fourth-order valence-electron chi connectivity index (χ4n) is 8.86. The number of Topliss-reactive ketones (excluding diaryl/α,β-unsaturated/α-hetero) is 1. The van der Waals surface area contributed by atoms with Crippen LogP contribution in [0.3, 0.4) is 0 Å². The Morgan fingerprint density at radius 3 is 2.53 bits per heavy atom. The number of methoxy groups -OCH3 is 1. The molecule has 0 spiro atoms. The average Bonchev–Trinajstić information content (AvgIpc) is 3.11. The van der Waals surface area contributed by atoms with E-state index in [1.807, 2.05) is 0 Å². The van der Waals surface area contributed by atoms with Gasteiger partial charge in [0.1, 0.15) is 11.9 Å². The summed E-state index contributed by atoms with van der Waals surface area (Å²) in [5.74, 6) is 3.00. The molecule has 5 heteroatoms. The van der Waals surface area contributed by atoms with E-state index < -0.39 is 0 Å². The Balaban J connectivity index is 1.50. The first-order valence-electron chi connectivity index (χ1n) is 12.9. The zero-order chi connectivity index (χ0) is 23.3. The van der Waals surface area contributed by atoms with Gasteiger partial charge >= 0.3 is 11.9 Å². The molecule has 0 aromatic carbocycles. The molecule has 4 aliphatic rings. The number of rotatable bonds is 5. The van der Waals surface area contributed by atoms with Crippen LogP contribution in [0.15, 0.2) is 0 Å². The molecule has 3 unspecified atom stereocenters. The van der Waals surface area contributed by atoms with Crippen LogP contribution in [-0.4, -0.2) is 30.9 Å². The van der Waals surface area contributed by atoms with Crippen molar-refractivity contribution >= 4 is 17.7 Å². The Hall–Kier alpha value is -1.39. The highest BCUT2D eigenvalue weighted by molar-refractivity contribution is 5.87. The summed E-state index contributed by atoms with van der Waals surface area (Å²) in [6, 6.07) is 0. The zero-order valence-corrected chi connectivity index (χ0v) is 20.7. The van der Waals surface area contributed by atoms with Gasteiger partial charge in [-0.05, 0) is 92.3 Å². The van der Waals surface area contributed by atoms with Gasteiger partial charge in [0.25, 0.3) is 0 Å². The third-order valence-electron chi connectivity index (χ3n) is 10.6. The molecular weight excluding hydrogens is 404 g/mol. The van der Waals surface area contributed by atoms with Crippen LogP contribution in [0.4, 0.5) is 0 Å². The summed E-state index contributed by atoms with van der Waals surface area (Å²) in [5.41, 5.74) is -0.0556. The maximum absolute atomic E-state index is 13.8.